The topological polar surface area (TPSA) is 56.7 Å². The molecule has 2 amide bonds. The molecule has 6 heteroatoms. The molecule has 2 aliphatic heterocycles. The number of hydrogen-bond donors (Lipinski definition) is 2. The number of aliphatic imine (C=N–C) groups is 1. The van der Waals surface area contributed by atoms with E-state index in [1.165, 1.54) is 19.3 Å². The summed E-state index contributed by atoms with van der Waals surface area (Å²) in [5.41, 5.74) is 0.796. The van der Waals surface area contributed by atoms with Crippen LogP contribution in [-0.2, 0) is 0 Å². The molecule has 17 heavy (non-hydrogen) atoms. The zero-order valence-electron chi connectivity index (χ0n) is 9.45. The first-order valence-electron chi connectivity index (χ1n) is 6.05. The van der Waals surface area contributed by atoms with Crippen LogP contribution in [-0.4, -0.2) is 28.4 Å². The number of rotatable bonds is 1. The Bertz CT molecular complexity index is 400. The van der Waals surface area contributed by atoms with Crippen molar-refractivity contribution in [2.24, 2.45) is 4.99 Å². The minimum Gasteiger partial charge on any atom is -0.335 e. The van der Waals surface area contributed by atoms with Gasteiger partial charge in [-0.1, -0.05) is 19.3 Å². The van der Waals surface area contributed by atoms with Crippen molar-refractivity contribution in [2.75, 3.05) is 0 Å². The van der Waals surface area contributed by atoms with Crippen LogP contribution in [0, 0.1) is 0 Å². The van der Waals surface area contributed by atoms with Crippen molar-refractivity contribution >= 4 is 22.9 Å². The lowest BCUT2D eigenvalue weighted by Gasteiger charge is -2.33. The molecule has 3 rings (SSSR count). The van der Waals surface area contributed by atoms with Crippen LogP contribution in [0.4, 0.5) is 4.79 Å². The van der Waals surface area contributed by atoms with E-state index in [9.17, 15) is 4.79 Å². The minimum atomic E-state index is -0.251. The largest absolute Gasteiger partial charge is 0.335 e. The molecule has 0 bridgehead atoms. The number of hydrogen-bond acceptors (Lipinski definition) is 3. The van der Waals surface area contributed by atoms with Crippen LogP contribution < -0.4 is 10.6 Å². The highest BCUT2D eigenvalue weighted by Gasteiger charge is 2.41. The third kappa shape index (κ3) is 1.88. The molecule has 0 radical (unpaired) electrons. The van der Waals surface area contributed by atoms with Gasteiger partial charge in [0.2, 0.25) is 0 Å². The maximum absolute atomic E-state index is 12.0. The van der Waals surface area contributed by atoms with Gasteiger partial charge >= 0.3 is 6.03 Å². The summed E-state index contributed by atoms with van der Waals surface area (Å²) in [5, 5.41) is 6.00. The molecule has 0 aromatic carbocycles. The fraction of sp³-hybridized carbons (Fsp3) is 0.636. The van der Waals surface area contributed by atoms with Crippen molar-refractivity contribution in [1.82, 2.24) is 15.5 Å². The summed E-state index contributed by atoms with van der Waals surface area (Å²) in [6.07, 6.45) is 7.26. The lowest BCUT2D eigenvalue weighted by molar-refractivity contribution is 0.158. The summed E-state index contributed by atoms with van der Waals surface area (Å²) in [4.78, 5) is 18.1. The van der Waals surface area contributed by atoms with Crippen LogP contribution in [0.2, 0.25) is 0 Å². The highest BCUT2D eigenvalue weighted by Crippen LogP contribution is 2.30. The Morgan fingerprint density at radius 2 is 2.12 bits per heavy atom. The first-order chi connectivity index (χ1) is 8.25. The average Bonchev–Trinajstić information content (AvgIpc) is 2.65. The average molecular weight is 255 g/mol. The van der Waals surface area contributed by atoms with Crippen LogP contribution in [0.25, 0.3) is 0 Å². The molecule has 1 saturated carbocycles. The predicted molar refractivity (Wildman–Crippen MR) is 65.5 cm³/mol. The van der Waals surface area contributed by atoms with Gasteiger partial charge in [-0.3, -0.25) is 4.90 Å². The van der Waals surface area contributed by atoms with Gasteiger partial charge in [0.1, 0.15) is 0 Å². The van der Waals surface area contributed by atoms with E-state index >= 15 is 0 Å². The maximum atomic E-state index is 12.0. The number of nitrogens with zero attached hydrogens (tertiary/aromatic N) is 2. The van der Waals surface area contributed by atoms with Gasteiger partial charge in [0.05, 0.1) is 5.70 Å². The number of nitrogens with one attached hydrogen (secondary N) is 2. The third-order valence-corrected chi connectivity index (χ3v) is 3.78. The van der Waals surface area contributed by atoms with Gasteiger partial charge in [0.15, 0.2) is 11.5 Å². The Kier molecular flexibility index (Phi) is 2.70. The molecule has 5 nitrogen and oxygen atoms in total. The van der Waals surface area contributed by atoms with E-state index in [-0.39, 0.29) is 12.2 Å². The highest BCUT2D eigenvalue weighted by molar-refractivity contribution is 6.64. The molecule has 0 aromatic rings. The number of fused-ring (bicyclic) bond motifs is 1. The Hall–Kier alpha value is -1.23. The van der Waals surface area contributed by atoms with Crippen LogP contribution >= 0.6 is 11.6 Å². The van der Waals surface area contributed by atoms with E-state index in [1.54, 1.807) is 6.20 Å². The first-order valence-corrected chi connectivity index (χ1v) is 6.43. The fourth-order valence-corrected chi connectivity index (χ4v) is 2.91. The first kappa shape index (κ1) is 10.9. The Morgan fingerprint density at radius 3 is 2.88 bits per heavy atom. The second-order valence-electron chi connectivity index (χ2n) is 4.67. The van der Waals surface area contributed by atoms with Gasteiger partial charge in [-0.2, -0.15) is 0 Å². The van der Waals surface area contributed by atoms with Gasteiger partial charge in [-0.25, -0.2) is 9.79 Å². The van der Waals surface area contributed by atoms with Crippen LogP contribution in [0.5, 0.6) is 0 Å². The molecular weight excluding hydrogens is 240 g/mol. The molecule has 3 aliphatic rings. The molecule has 1 unspecified atom stereocenters. The number of urea groups is 1. The summed E-state index contributed by atoms with van der Waals surface area (Å²) in [6.45, 7) is 0. The Morgan fingerprint density at radius 1 is 1.35 bits per heavy atom. The number of amides is 2. The molecule has 1 aliphatic carbocycles. The molecule has 2 fully saturated rings. The monoisotopic (exact) mass is 254 g/mol. The van der Waals surface area contributed by atoms with E-state index < -0.39 is 0 Å². The van der Waals surface area contributed by atoms with Crippen molar-refractivity contribution in [3.63, 3.8) is 0 Å². The summed E-state index contributed by atoms with van der Waals surface area (Å²) >= 11 is 5.86. The van der Waals surface area contributed by atoms with Crippen molar-refractivity contribution in [3.05, 3.63) is 11.9 Å². The smallest absolute Gasteiger partial charge is 0.324 e. The lowest BCUT2D eigenvalue weighted by Crippen LogP contribution is -2.44. The van der Waals surface area contributed by atoms with Crippen molar-refractivity contribution < 1.29 is 4.79 Å². The number of carbonyl (C=O) groups is 1. The minimum absolute atomic E-state index is 0.0509. The normalized spacial score (nSPS) is 29.1. The van der Waals surface area contributed by atoms with Crippen LogP contribution in [0.1, 0.15) is 32.1 Å². The summed E-state index contributed by atoms with van der Waals surface area (Å²) in [6, 6.07) is 0.246. The van der Waals surface area contributed by atoms with E-state index in [0.29, 0.717) is 11.3 Å². The summed E-state index contributed by atoms with van der Waals surface area (Å²) in [7, 11) is 0. The Labute approximate surface area is 105 Å². The van der Waals surface area contributed by atoms with Gasteiger partial charge in [0.25, 0.3) is 0 Å². The van der Waals surface area contributed by atoms with Crippen LogP contribution in [0.3, 0.4) is 0 Å². The van der Waals surface area contributed by atoms with Crippen molar-refractivity contribution in [2.45, 2.75) is 44.3 Å². The van der Waals surface area contributed by atoms with Gasteiger partial charge in [-0.05, 0) is 24.4 Å². The van der Waals surface area contributed by atoms with E-state index in [4.69, 9.17) is 11.6 Å². The number of amidine groups is 1. The predicted octanol–water partition coefficient (Wildman–Crippen LogP) is 1.71. The molecular formula is C11H15ClN4O. The van der Waals surface area contributed by atoms with Gasteiger partial charge < -0.3 is 10.6 Å². The number of halogens is 1. The Balaban J connectivity index is 1.85. The molecule has 2 N–H and O–H groups in total. The van der Waals surface area contributed by atoms with Gasteiger partial charge in [0, 0.05) is 12.2 Å². The molecule has 92 valence electrons. The second kappa shape index (κ2) is 4.22. The maximum Gasteiger partial charge on any atom is 0.324 e. The van der Waals surface area contributed by atoms with E-state index in [2.05, 4.69) is 15.6 Å². The zero-order chi connectivity index (χ0) is 11.8. The summed E-state index contributed by atoms with van der Waals surface area (Å²) < 4.78 is 0. The molecule has 1 saturated heterocycles. The van der Waals surface area contributed by atoms with Crippen LogP contribution in [0.15, 0.2) is 16.9 Å². The number of carbonyl (C=O) groups excluding carboxylic acids is 1. The quantitative estimate of drug-likeness (QED) is 0.700. The van der Waals surface area contributed by atoms with Gasteiger partial charge in [-0.15, -0.1) is 0 Å². The standard InChI is InChI=1S/C11H15ClN4O/c12-10-13-6-8-9(15-10)16(11(17)14-8)7-4-2-1-3-5-7/h6-7,9H,1-5H2,(H,13,15)(H,14,17). The molecule has 2 heterocycles. The van der Waals surface area contributed by atoms with E-state index in [1.807, 2.05) is 4.90 Å². The second-order valence-corrected chi connectivity index (χ2v) is 5.02. The zero-order valence-corrected chi connectivity index (χ0v) is 10.2. The molecule has 0 spiro atoms. The summed E-state index contributed by atoms with van der Waals surface area (Å²) in [5.74, 6) is 0. The SMILES string of the molecule is O=C1NC2=CNC(Cl)=NC2N1C1CCCCC1. The highest BCUT2D eigenvalue weighted by atomic mass is 35.5. The van der Waals surface area contributed by atoms with Crippen molar-refractivity contribution in [1.29, 1.82) is 0 Å². The lowest BCUT2D eigenvalue weighted by atomic mass is 9.94. The van der Waals surface area contributed by atoms with Crippen molar-refractivity contribution in [3.8, 4) is 0 Å². The molecule has 0 aromatic heterocycles. The third-order valence-electron chi connectivity index (χ3n) is 3.58. The molecule has 1 atom stereocenters. The van der Waals surface area contributed by atoms with E-state index in [0.717, 1.165) is 18.5 Å². The fourth-order valence-electron chi connectivity index (χ4n) is 2.76.